The molecule has 0 bridgehead atoms. The fraction of sp³-hybridized carbons (Fsp3) is 0.500. The molecule has 24 heteroatoms. The minimum absolute atomic E-state index is 0.00962. The molecule has 0 saturated carbocycles. The van der Waals surface area contributed by atoms with Crippen LogP contribution in [0.1, 0.15) is 44.4 Å². The minimum atomic E-state index is -1.64. The zero-order valence-corrected chi connectivity index (χ0v) is 33.1. The molecule has 60 heavy (non-hydrogen) atoms. The van der Waals surface area contributed by atoms with Crippen molar-refractivity contribution in [3.05, 3.63) is 54.1 Å². The van der Waals surface area contributed by atoms with Crippen molar-refractivity contribution in [1.29, 1.82) is 0 Å². The van der Waals surface area contributed by atoms with E-state index in [2.05, 4.69) is 46.9 Å². The Morgan fingerprint density at radius 3 is 1.77 bits per heavy atom. The molecule has 0 unspecified atom stereocenters. The standard InChI is InChI=1S/C36H55N13O11/c1-18(2)28(35(59)60)49-34(58)26(16-51)48-32(56)24(12-20-14-41-17-43-20)47-30(54)22(9-6-10-42-36(39)40)44-31(55)23(11-19-7-4-3-5-8-19)46-33(57)25(13-27(38)52)45-29(53)21(37)15-50/h3-5,7-8,14,17-18,21-26,28,50-51H,6,9-13,15-16,37H2,1-2H3,(H2,38,52)(H,41,43)(H,44,55)(H,45,53)(H,46,57)(H,47,54)(H,48,56)(H,49,58)(H,59,60)(H4,39,40,42)/t21-,22-,23-,24-,25-,26-,28-/m0/s1. The van der Waals surface area contributed by atoms with Crippen LogP contribution >= 0.6 is 0 Å². The van der Waals surface area contributed by atoms with Crippen molar-refractivity contribution in [1.82, 2.24) is 41.9 Å². The fourth-order valence-electron chi connectivity index (χ4n) is 5.48. The molecule has 0 aliphatic carbocycles. The Morgan fingerprint density at radius 1 is 0.717 bits per heavy atom. The van der Waals surface area contributed by atoms with Gasteiger partial charge < -0.3 is 75.1 Å². The van der Waals surface area contributed by atoms with Gasteiger partial charge in [0.05, 0.1) is 26.0 Å². The van der Waals surface area contributed by atoms with Gasteiger partial charge in [-0.3, -0.25) is 38.6 Å². The van der Waals surface area contributed by atoms with Crippen molar-refractivity contribution >= 4 is 53.3 Å². The van der Waals surface area contributed by atoms with E-state index in [9.17, 15) is 53.7 Å². The summed E-state index contributed by atoms with van der Waals surface area (Å²) in [5.74, 6) is -8.99. The van der Waals surface area contributed by atoms with Crippen molar-refractivity contribution in [3.63, 3.8) is 0 Å². The topological polar surface area (TPSA) is 415 Å². The number of aromatic amines is 1. The maximum atomic E-state index is 14.1. The third-order valence-corrected chi connectivity index (χ3v) is 8.72. The lowest BCUT2D eigenvalue weighted by Crippen LogP contribution is -2.61. The van der Waals surface area contributed by atoms with Crippen molar-refractivity contribution in [2.75, 3.05) is 19.8 Å². The lowest BCUT2D eigenvalue weighted by atomic mass is 10.0. The Labute approximate surface area is 344 Å². The van der Waals surface area contributed by atoms with Crippen molar-refractivity contribution in [3.8, 4) is 0 Å². The minimum Gasteiger partial charge on any atom is -0.480 e. The third kappa shape index (κ3) is 17.1. The highest BCUT2D eigenvalue weighted by atomic mass is 16.4. The van der Waals surface area contributed by atoms with Crippen LogP contribution < -0.4 is 54.8 Å². The number of nitrogens with two attached hydrogens (primary N) is 4. The van der Waals surface area contributed by atoms with Crippen LogP contribution in [0.5, 0.6) is 0 Å². The van der Waals surface area contributed by atoms with Crippen LogP contribution in [0.15, 0.2) is 47.8 Å². The maximum absolute atomic E-state index is 14.1. The van der Waals surface area contributed by atoms with E-state index in [0.29, 0.717) is 11.3 Å². The van der Waals surface area contributed by atoms with E-state index < -0.39 is 115 Å². The Balaban J connectivity index is 2.46. The molecular weight excluding hydrogens is 790 g/mol. The largest absolute Gasteiger partial charge is 0.480 e. The number of hydrogen-bond donors (Lipinski definition) is 14. The van der Waals surface area contributed by atoms with Gasteiger partial charge in [0, 0.05) is 31.3 Å². The number of aliphatic hydroxyl groups is 2. The molecule has 18 N–H and O–H groups in total. The summed E-state index contributed by atoms with van der Waals surface area (Å²) in [7, 11) is 0. The first-order valence-electron chi connectivity index (χ1n) is 18.7. The molecule has 2 rings (SSSR count). The number of carboxylic acids is 1. The van der Waals surface area contributed by atoms with E-state index in [4.69, 9.17) is 22.9 Å². The highest BCUT2D eigenvalue weighted by molar-refractivity contribution is 5.98. The second kappa shape index (κ2) is 25.0. The third-order valence-electron chi connectivity index (χ3n) is 8.72. The van der Waals surface area contributed by atoms with E-state index in [1.165, 1.54) is 12.5 Å². The summed E-state index contributed by atoms with van der Waals surface area (Å²) in [4.78, 5) is 115. The molecule has 7 amide bonds. The molecule has 24 nitrogen and oxygen atoms in total. The number of rotatable bonds is 26. The number of carbonyl (C=O) groups excluding carboxylic acids is 7. The highest BCUT2D eigenvalue weighted by Crippen LogP contribution is 2.09. The number of carbonyl (C=O) groups is 8. The molecule has 1 aromatic heterocycles. The molecule has 1 heterocycles. The maximum Gasteiger partial charge on any atom is 0.326 e. The zero-order valence-electron chi connectivity index (χ0n) is 33.1. The first kappa shape index (κ1) is 49.5. The second-order valence-electron chi connectivity index (χ2n) is 13.9. The zero-order chi connectivity index (χ0) is 44.9. The van der Waals surface area contributed by atoms with Gasteiger partial charge in [0.15, 0.2) is 5.96 Å². The number of benzene rings is 1. The Kier molecular flexibility index (Phi) is 20.6. The number of H-pyrrole nitrogens is 1. The second-order valence-corrected chi connectivity index (χ2v) is 13.9. The molecule has 0 fully saturated rings. The highest BCUT2D eigenvalue weighted by Gasteiger charge is 2.34. The normalized spacial score (nSPS) is 14.4. The number of guanidine groups is 1. The van der Waals surface area contributed by atoms with Crippen LogP contribution in [-0.4, -0.2) is 141 Å². The number of nitrogens with one attached hydrogen (secondary N) is 7. The van der Waals surface area contributed by atoms with Gasteiger partial charge >= 0.3 is 5.97 Å². The fourth-order valence-corrected chi connectivity index (χ4v) is 5.48. The van der Waals surface area contributed by atoms with Gasteiger partial charge in [0.2, 0.25) is 41.4 Å². The van der Waals surface area contributed by atoms with Crippen LogP contribution in [0.2, 0.25) is 0 Å². The van der Waals surface area contributed by atoms with Crippen molar-refractivity contribution < 1.29 is 53.7 Å². The number of aromatic nitrogens is 2. The molecule has 330 valence electrons. The number of amides is 7. The first-order chi connectivity index (χ1) is 28.4. The van der Waals surface area contributed by atoms with Gasteiger partial charge in [-0.2, -0.15) is 0 Å². The number of aliphatic hydroxyl groups excluding tert-OH is 2. The Hall–Kier alpha value is -6.66. The van der Waals surface area contributed by atoms with Crippen LogP contribution in [0.4, 0.5) is 0 Å². The summed E-state index contributed by atoms with van der Waals surface area (Å²) in [6.45, 7) is 1.38. The SMILES string of the molecule is CC(C)[C@H](NC(=O)[C@H](CO)NC(=O)[C@H](Cc1cnc[nH]1)NC(=O)[C@H](CCCN=C(N)N)NC(=O)[C@H](Cc1ccccc1)NC(=O)[C@H](CC(N)=O)NC(=O)[C@@H](N)CO)C(=O)O. The quantitative estimate of drug-likeness (QED) is 0.0238. The number of aliphatic carboxylic acids is 1. The molecule has 0 radical (unpaired) electrons. The van der Waals surface area contributed by atoms with E-state index in [-0.39, 0.29) is 38.2 Å². The predicted molar refractivity (Wildman–Crippen MR) is 212 cm³/mol. The molecule has 0 aliphatic rings. The molecule has 0 saturated heterocycles. The summed E-state index contributed by atoms with van der Waals surface area (Å²) < 4.78 is 0. The summed E-state index contributed by atoms with van der Waals surface area (Å²) in [5, 5.41) is 43.2. The number of primary amides is 1. The molecular formula is C36H55N13O11. The van der Waals surface area contributed by atoms with Gasteiger partial charge in [-0.15, -0.1) is 0 Å². The van der Waals surface area contributed by atoms with Crippen molar-refractivity contribution in [2.24, 2.45) is 33.8 Å². The summed E-state index contributed by atoms with van der Waals surface area (Å²) in [6, 6.07) is -2.09. The van der Waals surface area contributed by atoms with E-state index >= 15 is 0 Å². The summed E-state index contributed by atoms with van der Waals surface area (Å²) in [5.41, 5.74) is 22.7. The average molecular weight is 846 g/mol. The molecule has 1 aromatic carbocycles. The Bertz CT molecular complexity index is 1790. The summed E-state index contributed by atoms with van der Waals surface area (Å²) >= 11 is 0. The molecule has 0 aliphatic heterocycles. The van der Waals surface area contributed by atoms with Gasteiger partial charge in [0.25, 0.3) is 0 Å². The van der Waals surface area contributed by atoms with Crippen LogP contribution in [-0.2, 0) is 51.2 Å². The number of nitrogens with zero attached hydrogens (tertiary/aromatic N) is 2. The summed E-state index contributed by atoms with van der Waals surface area (Å²) in [6.07, 6.45) is 1.53. The first-order valence-corrected chi connectivity index (χ1v) is 18.7. The van der Waals surface area contributed by atoms with Gasteiger partial charge in [-0.1, -0.05) is 44.2 Å². The van der Waals surface area contributed by atoms with Gasteiger partial charge in [-0.25, -0.2) is 9.78 Å². The van der Waals surface area contributed by atoms with Crippen LogP contribution in [0, 0.1) is 5.92 Å². The van der Waals surface area contributed by atoms with Gasteiger partial charge in [0.1, 0.15) is 42.3 Å². The van der Waals surface area contributed by atoms with E-state index in [0.717, 1.165) is 0 Å². The van der Waals surface area contributed by atoms with E-state index in [1.807, 2.05) is 0 Å². The molecule has 7 atom stereocenters. The van der Waals surface area contributed by atoms with Crippen LogP contribution in [0.3, 0.4) is 0 Å². The number of carboxylic acid groups (broad SMARTS) is 1. The number of hydrogen-bond acceptors (Lipinski definition) is 13. The molecule has 0 spiro atoms. The monoisotopic (exact) mass is 845 g/mol. The van der Waals surface area contributed by atoms with E-state index in [1.54, 1.807) is 44.2 Å². The predicted octanol–water partition coefficient (Wildman–Crippen LogP) is -5.91. The average Bonchev–Trinajstić information content (AvgIpc) is 3.71. The molecule has 2 aromatic rings. The number of imidazole rings is 1. The van der Waals surface area contributed by atoms with Gasteiger partial charge in [-0.05, 0) is 24.3 Å². The lowest BCUT2D eigenvalue weighted by molar-refractivity contribution is -0.144. The Morgan fingerprint density at radius 2 is 1.25 bits per heavy atom. The number of aliphatic imine (C=N–C) groups is 1. The van der Waals surface area contributed by atoms with Crippen molar-refractivity contribution in [2.45, 2.75) is 88.2 Å². The lowest BCUT2D eigenvalue weighted by Gasteiger charge is -2.27. The van der Waals surface area contributed by atoms with Crippen LogP contribution in [0.25, 0.3) is 0 Å². The smallest absolute Gasteiger partial charge is 0.326 e.